The summed E-state index contributed by atoms with van der Waals surface area (Å²) in [5, 5.41) is 0.544. The number of carbonyl (C=O) groups excluding carboxylic acids is 2. The highest BCUT2D eigenvalue weighted by Crippen LogP contribution is 2.44. The predicted molar refractivity (Wildman–Crippen MR) is 110 cm³/mol. The summed E-state index contributed by atoms with van der Waals surface area (Å²) < 4.78 is 5.77. The van der Waals surface area contributed by atoms with E-state index in [4.69, 9.17) is 4.74 Å². The second-order valence-electron chi connectivity index (χ2n) is 7.80. The van der Waals surface area contributed by atoms with Crippen LogP contribution < -0.4 is 0 Å². The Labute approximate surface area is 170 Å². The van der Waals surface area contributed by atoms with E-state index >= 15 is 0 Å². The van der Waals surface area contributed by atoms with E-state index in [0.717, 1.165) is 11.1 Å². The molecule has 0 saturated carbocycles. The molecule has 146 valence electrons. The Bertz CT molecular complexity index is 883. The zero-order valence-corrected chi connectivity index (χ0v) is 17.1. The van der Waals surface area contributed by atoms with Crippen LogP contribution in [-0.2, 0) is 21.6 Å². The zero-order valence-electron chi connectivity index (χ0n) is 16.3. The standard InChI is InChI=1S/C23H25NO3S/c1-16(2)28-18-9-7-17(8-10-18)15-21(25)24-13-11-23(12-14-24)20-6-4-3-5-19(20)22(26)27-23/h3-10,16H,11-15H2,1-2H3. The van der Waals surface area contributed by atoms with E-state index in [2.05, 4.69) is 26.0 Å². The van der Waals surface area contributed by atoms with Crippen molar-refractivity contribution in [3.63, 3.8) is 0 Å². The number of thioether (sulfide) groups is 1. The highest BCUT2D eigenvalue weighted by atomic mass is 32.2. The topological polar surface area (TPSA) is 46.6 Å². The number of hydrogen-bond acceptors (Lipinski definition) is 4. The average Bonchev–Trinajstić information content (AvgIpc) is 2.95. The molecule has 1 spiro atoms. The van der Waals surface area contributed by atoms with Crippen LogP contribution >= 0.6 is 11.8 Å². The van der Waals surface area contributed by atoms with Gasteiger partial charge in [-0.2, -0.15) is 0 Å². The molecule has 28 heavy (non-hydrogen) atoms. The third-order valence-electron chi connectivity index (χ3n) is 5.50. The lowest BCUT2D eigenvalue weighted by atomic mass is 9.83. The Morgan fingerprint density at radius 3 is 2.46 bits per heavy atom. The van der Waals surface area contributed by atoms with Crippen molar-refractivity contribution < 1.29 is 14.3 Å². The summed E-state index contributed by atoms with van der Waals surface area (Å²) in [7, 11) is 0. The quantitative estimate of drug-likeness (QED) is 0.568. The maximum absolute atomic E-state index is 12.8. The summed E-state index contributed by atoms with van der Waals surface area (Å²) in [4.78, 5) is 28.1. The van der Waals surface area contributed by atoms with Gasteiger partial charge in [-0.15, -0.1) is 11.8 Å². The largest absolute Gasteiger partial charge is 0.450 e. The van der Waals surface area contributed by atoms with Gasteiger partial charge in [0.05, 0.1) is 12.0 Å². The van der Waals surface area contributed by atoms with Crippen LogP contribution in [0.15, 0.2) is 53.4 Å². The summed E-state index contributed by atoms with van der Waals surface area (Å²) in [6.45, 7) is 5.57. The van der Waals surface area contributed by atoms with Crippen LogP contribution in [0.2, 0.25) is 0 Å². The second-order valence-corrected chi connectivity index (χ2v) is 9.45. The molecule has 0 aromatic heterocycles. The SMILES string of the molecule is CC(C)Sc1ccc(CC(=O)N2CCC3(CC2)OC(=O)c2ccccc23)cc1. The first-order chi connectivity index (χ1) is 13.5. The smallest absolute Gasteiger partial charge is 0.339 e. The lowest BCUT2D eigenvalue weighted by Crippen LogP contribution is -2.45. The van der Waals surface area contributed by atoms with Crippen LogP contribution in [0.1, 0.15) is 48.2 Å². The normalized spacial score (nSPS) is 17.7. The van der Waals surface area contributed by atoms with Crippen molar-refractivity contribution >= 4 is 23.6 Å². The molecule has 0 aliphatic carbocycles. The molecule has 0 radical (unpaired) electrons. The Hall–Kier alpha value is -2.27. The fourth-order valence-corrected chi connectivity index (χ4v) is 4.92. The summed E-state index contributed by atoms with van der Waals surface area (Å²) in [5.41, 5.74) is 2.13. The summed E-state index contributed by atoms with van der Waals surface area (Å²) in [5.74, 6) is -0.105. The zero-order chi connectivity index (χ0) is 19.7. The molecule has 2 aromatic carbocycles. The van der Waals surface area contributed by atoms with Gasteiger partial charge < -0.3 is 9.64 Å². The first kappa shape index (κ1) is 19.1. The number of fused-ring (bicyclic) bond motifs is 2. The van der Waals surface area contributed by atoms with Crippen molar-refractivity contribution in [1.29, 1.82) is 0 Å². The molecule has 5 heteroatoms. The molecule has 2 aliphatic rings. The number of piperidine rings is 1. The van der Waals surface area contributed by atoms with Crippen molar-refractivity contribution in [3.8, 4) is 0 Å². The number of hydrogen-bond donors (Lipinski definition) is 0. The van der Waals surface area contributed by atoms with E-state index in [9.17, 15) is 9.59 Å². The van der Waals surface area contributed by atoms with E-state index < -0.39 is 5.60 Å². The summed E-state index contributed by atoms with van der Waals surface area (Å²) in [6, 6.07) is 15.9. The van der Waals surface area contributed by atoms with Gasteiger partial charge >= 0.3 is 5.97 Å². The van der Waals surface area contributed by atoms with Gasteiger partial charge in [-0.1, -0.05) is 44.2 Å². The number of benzene rings is 2. The van der Waals surface area contributed by atoms with Gasteiger partial charge in [0.25, 0.3) is 0 Å². The van der Waals surface area contributed by atoms with E-state index in [0.29, 0.717) is 43.2 Å². The number of rotatable bonds is 4. The first-order valence-electron chi connectivity index (χ1n) is 9.83. The molecular weight excluding hydrogens is 370 g/mol. The maximum Gasteiger partial charge on any atom is 0.339 e. The molecule has 2 heterocycles. The number of carbonyl (C=O) groups is 2. The monoisotopic (exact) mass is 395 g/mol. The third kappa shape index (κ3) is 3.68. The van der Waals surface area contributed by atoms with E-state index in [1.54, 1.807) is 0 Å². The molecule has 4 rings (SSSR count). The maximum atomic E-state index is 12.8. The van der Waals surface area contributed by atoms with Crippen molar-refractivity contribution in [2.45, 2.75) is 48.9 Å². The third-order valence-corrected chi connectivity index (χ3v) is 6.52. The molecular formula is C23H25NO3S. The van der Waals surface area contributed by atoms with Gasteiger partial charge in [-0.05, 0) is 23.8 Å². The highest BCUT2D eigenvalue weighted by Gasteiger charge is 2.47. The number of esters is 1. The fraction of sp³-hybridized carbons (Fsp3) is 0.391. The van der Waals surface area contributed by atoms with E-state index in [1.165, 1.54) is 4.90 Å². The Balaban J connectivity index is 1.38. The van der Waals surface area contributed by atoms with E-state index in [1.807, 2.05) is 53.1 Å². The summed E-state index contributed by atoms with van der Waals surface area (Å²) in [6.07, 6.45) is 1.73. The molecule has 0 bridgehead atoms. The number of likely N-dealkylation sites (tertiary alicyclic amines) is 1. The molecule has 0 unspecified atom stereocenters. The van der Waals surface area contributed by atoms with Gasteiger partial charge in [-0.25, -0.2) is 4.79 Å². The van der Waals surface area contributed by atoms with Gasteiger partial charge in [-0.3, -0.25) is 4.79 Å². The minimum Gasteiger partial charge on any atom is -0.450 e. The molecule has 1 saturated heterocycles. The lowest BCUT2D eigenvalue weighted by molar-refractivity contribution is -0.134. The minimum atomic E-state index is -0.555. The van der Waals surface area contributed by atoms with Gasteiger partial charge in [0.15, 0.2) is 0 Å². The Morgan fingerprint density at radius 2 is 1.79 bits per heavy atom. The molecule has 4 nitrogen and oxygen atoms in total. The van der Waals surface area contributed by atoms with Crippen LogP contribution in [0, 0.1) is 0 Å². The van der Waals surface area contributed by atoms with Crippen LogP contribution in [0.3, 0.4) is 0 Å². The predicted octanol–water partition coefficient (Wildman–Crippen LogP) is 4.42. The fourth-order valence-electron chi connectivity index (χ4n) is 4.08. The van der Waals surface area contributed by atoms with Crippen molar-refractivity contribution in [1.82, 2.24) is 4.90 Å². The van der Waals surface area contributed by atoms with Crippen molar-refractivity contribution in [2.75, 3.05) is 13.1 Å². The molecule has 2 aliphatic heterocycles. The molecule has 1 fully saturated rings. The van der Waals surface area contributed by atoms with Crippen LogP contribution in [0.5, 0.6) is 0 Å². The van der Waals surface area contributed by atoms with Crippen LogP contribution in [0.25, 0.3) is 0 Å². The van der Waals surface area contributed by atoms with E-state index in [-0.39, 0.29) is 11.9 Å². The molecule has 2 aromatic rings. The minimum absolute atomic E-state index is 0.136. The van der Waals surface area contributed by atoms with Crippen LogP contribution in [0.4, 0.5) is 0 Å². The van der Waals surface area contributed by atoms with Crippen molar-refractivity contribution in [2.24, 2.45) is 0 Å². The van der Waals surface area contributed by atoms with Crippen molar-refractivity contribution in [3.05, 3.63) is 65.2 Å². The number of nitrogens with zero attached hydrogens (tertiary/aromatic N) is 1. The number of amides is 1. The van der Waals surface area contributed by atoms with Gasteiger partial charge in [0, 0.05) is 41.6 Å². The highest BCUT2D eigenvalue weighted by molar-refractivity contribution is 7.99. The van der Waals surface area contributed by atoms with Gasteiger partial charge in [0.1, 0.15) is 5.60 Å². The first-order valence-corrected chi connectivity index (χ1v) is 10.7. The second kappa shape index (κ2) is 7.63. The summed E-state index contributed by atoms with van der Waals surface area (Å²) >= 11 is 1.82. The Morgan fingerprint density at radius 1 is 1.11 bits per heavy atom. The Kier molecular flexibility index (Phi) is 5.19. The van der Waals surface area contributed by atoms with Gasteiger partial charge in [0.2, 0.25) is 5.91 Å². The van der Waals surface area contributed by atoms with Crippen LogP contribution in [-0.4, -0.2) is 35.1 Å². The average molecular weight is 396 g/mol. The molecule has 0 N–H and O–H groups in total. The molecule has 1 amide bonds. The lowest BCUT2D eigenvalue weighted by Gasteiger charge is -2.38. The number of ether oxygens (including phenoxy) is 1. The molecule has 0 atom stereocenters.